The zero-order chi connectivity index (χ0) is 13.1. The molecule has 1 aromatic carbocycles. The van der Waals surface area contributed by atoms with Gasteiger partial charge < -0.3 is 10.5 Å². The number of aryl methyl sites for hydroxylation is 2. The van der Waals surface area contributed by atoms with Gasteiger partial charge in [0.2, 0.25) is 0 Å². The van der Waals surface area contributed by atoms with E-state index < -0.39 is 5.82 Å². The van der Waals surface area contributed by atoms with Crippen LogP contribution in [0.5, 0.6) is 11.6 Å². The first-order valence-corrected chi connectivity index (χ1v) is 5.70. The van der Waals surface area contributed by atoms with Crippen LogP contribution in [0.25, 0.3) is 0 Å². The first-order chi connectivity index (χ1) is 8.61. The molecule has 2 aromatic rings. The molecule has 0 saturated carbocycles. The molecule has 0 aliphatic heterocycles. The van der Waals surface area contributed by atoms with Gasteiger partial charge in [0.1, 0.15) is 5.75 Å². The van der Waals surface area contributed by atoms with Gasteiger partial charge in [0.15, 0.2) is 5.82 Å². The number of pyridine rings is 1. The molecule has 1 aromatic heterocycles. The fourth-order valence-electron chi connectivity index (χ4n) is 1.71. The molecular formula is C14H15FN2O. The van der Waals surface area contributed by atoms with Crippen LogP contribution in [-0.2, 0) is 6.54 Å². The molecule has 0 fully saturated rings. The standard InChI is InChI=1S/C14H15FN2O/c1-9-3-4-12(10(2)7-9)18-14-13(15)11(8-16)5-6-17-14/h3-7H,8,16H2,1-2H3. The van der Waals surface area contributed by atoms with Gasteiger partial charge in [-0.05, 0) is 31.5 Å². The van der Waals surface area contributed by atoms with Gasteiger partial charge in [-0.15, -0.1) is 0 Å². The highest BCUT2D eigenvalue weighted by Gasteiger charge is 2.11. The van der Waals surface area contributed by atoms with E-state index in [1.807, 2.05) is 26.0 Å². The van der Waals surface area contributed by atoms with E-state index in [4.69, 9.17) is 10.5 Å². The van der Waals surface area contributed by atoms with Crippen LogP contribution in [0.2, 0.25) is 0 Å². The van der Waals surface area contributed by atoms with Crippen LogP contribution in [0.3, 0.4) is 0 Å². The van der Waals surface area contributed by atoms with Crippen molar-refractivity contribution in [2.75, 3.05) is 0 Å². The van der Waals surface area contributed by atoms with E-state index in [1.54, 1.807) is 12.1 Å². The first kappa shape index (κ1) is 12.5. The van der Waals surface area contributed by atoms with Crippen LogP contribution in [0.1, 0.15) is 16.7 Å². The van der Waals surface area contributed by atoms with Crippen LogP contribution in [0, 0.1) is 19.7 Å². The molecule has 0 aliphatic rings. The van der Waals surface area contributed by atoms with Gasteiger partial charge in [0.25, 0.3) is 5.88 Å². The number of hydrogen-bond acceptors (Lipinski definition) is 3. The van der Waals surface area contributed by atoms with E-state index in [2.05, 4.69) is 4.98 Å². The number of ether oxygens (including phenoxy) is 1. The second-order valence-electron chi connectivity index (χ2n) is 4.16. The quantitative estimate of drug-likeness (QED) is 0.905. The summed E-state index contributed by atoms with van der Waals surface area (Å²) in [5, 5.41) is 0. The summed E-state index contributed by atoms with van der Waals surface area (Å²) in [6, 6.07) is 7.23. The maximum Gasteiger partial charge on any atom is 0.256 e. The highest BCUT2D eigenvalue weighted by Crippen LogP contribution is 2.27. The van der Waals surface area contributed by atoms with Gasteiger partial charge in [-0.2, -0.15) is 0 Å². The van der Waals surface area contributed by atoms with Crippen molar-refractivity contribution in [3.05, 3.63) is 53.0 Å². The smallest absolute Gasteiger partial charge is 0.256 e. The fraction of sp³-hybridized carbons (Fsp3) is 0.214. The highest BCUT2D eigenvalue weighted by molar-refractivity contribution is 5.38. The number of hydrogen-bond donors (Lipinski definition) is 1. The number of rotatable bonds is 3. The number of nitrogens with zero attached hydrogens (tertiary/aromatic N) is 1. The van der Waals surface area contributed by atoms with Crippen molar-refractivity contribution in [3.63, 3.8) is 0 Å². The van der Waals surface area contributed by atoms with Crippen molar-refractivity contribution < 1.29 is 9.13 Å². The summed E-state index contributed by atoms with van der Waals surface area (Å²) in [6.45, 7) is 4.02. The molecule has 94 valence electrons. The summed E-state index contributed by atoms with van der Waals surface area (Å²) in [4.78, 5) is 3.89. The van der Waals surface area contributed by atoms with Crippen LogP contribution in [0.15, 0.2) is 30.5 Å². The molecule has 0 atom stereocenters. The van der Waals surface area contributed by atoms with Crippen molar-refractivity contribution in [1.29, 1.82) is 0 Å². The van der Waals surface area contributed by atoms with E-state index >= 15 is 0 Å². The van der Waals surface area contributed by atoms with Crippen molar-refractivity contribution in [3.8, 4) is 11.6 Å². The zero-order valence-corrected chi connectivity index (χ0v) is 10.4. The minimum absolute atomic E-state index is 0.0371. The molecule has 18 heavy (non-hydrogen) atoms. The normalized spacial score (nSPS) is 10.4. The fourth-order valence-corrected chi connectivity index (χ4v) is 1.71. The lowest BCUT2D eigenvalue weighted by atomic mass is 10.1. The van der Waals surface area contributed by atoms with E-state index in [-0.39, 0.29) is 12.4 Å². The van der Waals surface area contributed by atoms with E-state index in [1.165, 1.54) is 6.20 Å². The molecule has 0 unspecified atom stereocenters. The lowest BCUT2D eigenvalue weighted by Gasteiger charge is -2.10. The highest BCUT2D eigenvalue weighted by atomic mass is 19.1. The molecule has 2 N–H and O–H groups in total. The van der Waals surface area contributed by atoms with Gasteiger partial charge in [0, 0.05) is 18.3 Å². The van der Waals surface area contributed by atoms with Gasteiger partial charge >= 0.3 is 0 Å². The Hall–Kier alpha value is -1.94. The topological polar surface area (TPSA) is 48.1 Å². The van der Waals surface area contributed by atoms with E-state index in [9.17, 15) is 4.39 Å². The summed E-state index contributed by atoms with van der Waals surface area (Å²) in [7, 11) is 0. The second kappa shape index (κ2) is 5.14. The van der Waals surface area contributed by atoms with Crippen molar-refractivity contribution in [2.24, 2.45) is 5.73 Å². The Balaban J connectivity index is 2.34. The first-order valence-electron chi connectivity index (χ1n) is 5.70. The molecule has 4 heteroatoms. The average Bonchev–Trinajstić information content (AvgIpc) is 2.35. The molecule has 0 spiro atoms. The Morgan fingerprint density at radius 1 is 1.28 bits per heavy atom. The third-order valence-corrected chi connectivity index (χ3v) is 2.69. The van der Waals surface area contributed by atoms with Crippen LogP contribution < -0.4 is 10.5 Å². The molecular weight excluding hydrogens is 231 g/mol. The molecule has 2 rings (SSSR count). The number of aromatic nitrogens is 1. The summed E-state index contributed by atoms with van der Waals surface area (Å²) < 4.78 is 19.4. The van der Waals surface area contributed by atoms with Gasteiger partial charge in [-0.1, -0.05) is 17.7 Å². The van der Waals surface area contributed by atoms with Crippen molar-refractivity contribution >= 4 is 0 Å². The Kier molecular flexibility index (Phi) is 3.58. The summed E-state index contributed by atoms with van der Waals surface area (Å²) in [5.74, 6) is 0.0612. The molecule has 3 nitrogen and oxygen atoms in total. The van der Waals surface area contributed by atoms with Crippen LogP contribution in [-0.4, -0.2) is 4.98 Å². The predicted octanol–water partition coefficient (Wildman–Crippen LogP) is 3.09. The molecule has 0 amide bonds. The molecule has 0 radical (unpaired) electrons. The van der Waals surface area contributed by atoms with Crippen molar-refractivity contribution in [2.45, 2.75) is 20.4 Å². The van der Waals surface area contributed by atoms with Crippen LogP contribution >= 0.6 is 0 Å². The summed E-state index contributed by atoms with van der Waals surface area (Å²) in [6.07, 6.45) is 1.49. The Bertz CT molecular complexity index is 570. The minimum atomic E-state index is -0.500. The zero-order valence-electron chi connectivity index (χ0n) is 10.4. The summed E-state index contributed by atoms with van der Waals surface area (Å²) in [5.41, 5.74) is 7.90. The van der Waals surface area contributed by atoms with Gasteiger partial charge in [-0.3, -0.25) is 0 Å². The number of benzene rings is 1. The largest absolute Gasteiger partial charge is 0.436 e. The maximum atomic E-state index is 13.9. The lowest BCUT2D eigenvalue weighted by Crippen LogP contribution is -2.03. The molecule has 0 saturated heterocycles. The van der Waals surface area contributed by atoms with Crippen LogP contribution in [0.4, 0.5) is 4.39 Å². The molecule has 1 heterocycles. The predicted molar refractivity (Wildman–Crippen MR) is 68.1 cm³/mol. The number of nitrogens with two attached hydrogens (primary N) is 1. The SMILES string of the molecule is Cc1ccc(Oc2nccc(CN)c2F)c(C)c1. The minimum Gasteiger partial charge on any atom is -0.436 e. The number of halogens is 1. The third-order valence-electron chi connectivity index (χ3n) is 2.69. The maximum absolute atomic E-state index is 13.9. The Labute approximate surface area is 105 Å². The average molecular weight is 246 g/mol. The second-order valence-corrected chi connectivity index (χ2v) is 4.16. The Morgan fingerprint density at radius 3 is 2.72 bits per heavy atom. The molecule has 0 aliphatic carbocycles. The monoisotopic (exact) mass is 246 g/mol. The van der Waals surface area contributed by atoms with E-state index in [0.29, 0.717) is 11.3 Å². The third kappa shape index (κ3) is 2.49. The summed E-state index contributed by atoms with van der Waals surface area (Å²) >= 11 is 0. The van der Waals surface area contributed by atoms with Gasteiger partial charge in [0.05, 0.1) is 0 Å². The lowest BCUT2D eigenvalue weighted by molar-refractivity contribution is 0.416. The molecule has 0 bridgehead atoms. The van der Waals surface area contributed by atoms with Gasteiger partial charge in [-0.25, -0.2) is 9.37 Å². The van der Waals surface area contributed by atoms with E-state index in [0.717, 1.165) is 11.1 Å². The van der Waals surface area contributed by atoms with Crippen molar-refractivity contribution in [1.82, 2.24) is 4.98 Å². The Morgan fingerprint density at radius 2 is 2.06 bits per heavy atom.